The van der Waals surface area contributed by atoms with E-state index in [0.717, 1.165) is 12.1 Å². The zero-order valence-electron chi connectivity index (χ0n) is 15.8. The summed E-state index contributed by atoms with van der Waals surface area (Å²) in [4.78, 5) is 7.02. The lowest BCUT2D eigenvalue weighted by molar-refractivity contribution is 0.533. The van der Waals surface area contributed by atoms with Crippen molar-refractivity contribution in [1.82, 2.24) is 4.90 Å². The van der Waals surface area contributed by atoms with E-state index in [1.54, 1.807) is 0 Å². The van der Waals surface area contributed by atoms with Crippen LogP contribution >= 0.6 is 0 Å². The Hall–Kier alpha value is -2.61. The molecule has 2 heteroatoms. The van der Waals surface area contributed by atoms with Gasteiger partial charge >= 0.3 is 0 Å². The van der Waals surface area contributed by atoms with Crippen LogP contribution in [-0.4, -0.2) is 25.2 Å². The summed E-state index contributed by atoms with van der Waals surface area (Å²) in [5, 5.41) is 0. The highest BCUT2D eigenvalue weighted by atomic mass is 15.1. The predicted molar refractivity (Wildman–Crippen MR) is 109 cm³/mol. The van der Waals surface area contributed by atoms with Gasteiger partial charge in [0.15, 0.2) is 0 Å². The highest BCUT2D eigenvalue weighted by Crippen LogP contribution is 2.32. The van der Waals surface area contributed by atoms with E-state index in [2.05, 4.69) is 88.3 Å². The number of benzene rings is 2. The predicted octanol–water partition coefficient (Wildman–Crippen LogP) is 5.60. The van der Waals surface area contributed by atoms with Crippen molar-refractivity contribution in [3.8, 4) is 0 Å². The highest BCUT2D eigenvalue weighted by Gasteiger charge is 2.15. The summed E-state index contributed by atoms with van der Waals surface area (Å²) >= 11 is 0. The fraction of sp³-hybridized carbons (Fsp3) is 0.261. The minimum atomic E-state index is 0.973. The van der Waals surface area contributed by atoms with Crippen LogP contribution in [-0.2, 0) is 0 Å². The molecule has 2 aromatic rings. The molecular formula is C23H26N2. The summed E-state index contributed by atoms with van der Waals surface area (Å²) in [6, 6.07) is 12.9. The van der Waals surface area contributed by atoms with Crippen molar-refractivity contribution >= 4 is 17.5 Å². The van der Waals surface area contributed by atoms with Gasteiger partial charge in [0.2, 0.25) is 0 Å². The van der Waals surface area contributed by atoms with Gasteiger partial charge in [0.05, 0.1) is 5.69 Å². The number of nitrogens with zero attached hydrogens (tertiary/aromatic N) is 2. The third-order valence-corrected chi connectivity index (χ3v) is 4.64. The van der Waals surface area contributed by atoms with Crippen LogP contribution in [0.25, 0.3) is 5.57 Å². The first-order valence-corrected chi connectivity index (χ1v) is 8.75. The SMILES string of the molecule is Cc1cc(C)c(N=Cc2ccccc2C2=C(N(C)C)C=CC2)c(C)c1. The monoisotopic (exact) mass is 330 g/mol. The number of aliphatic imine (C=N–C) groups is 1. The fourth-order valence-corrected chi connectivity index (χ4v) is 3.56. The van der Waals surface area contributed by atoms with Gasteiger partial charge in [-0.1, -0.05) is 48.0 Å². The maximum absolute atomic E-state index is 4.84. The van der Waals surface area contributed by atoms with Crippen molar-refractivity contribution < 1.29 is 0 Å². The van der Waals surface area contributed by atoms with Gasteiger partial charge in [-0.25, -0.2) is 0 Å². The van der Waals surface area contributed by atoms with E-state index < -0.39 is 0 Å². The summed E-state index contributed by atoms with van der Waals surface area (Å²) in [6.45, 7) is 6.39. The van der Waals surface area contributed by atoms with Crippen molar-refractivity contribution in [2.75, 3.05) is 14.1 Å². The molecule has 128 valence electrons. The van der Waals surface area contributed by atoms with E-state index in [1.807, 2.05) is 6.21 Å². The van der Waals surface area contributed by atoms with Gasteiger partial charge in [-0.3, -0.25) is 4.99 Å². The van der Waals surface area contributed by atoms with E-state index in [1.165, 1.54) is 39.1 Å². The van der Waals surface area contributed by atoms with Crippen molar-refractivity contribution in [3.63, 3.8) is 0 Å². The normalized spacial score (nSPS) is 14.0. The van der Waals surface area contributed by atoms with Crippen LogP contribution in [0.4, 0.5) is 5.69 Å². The van der Waals surface area contributed by atoms with E-state index >= 15 is 0 Å². The van der Waals surface area contributed by atoms with Crippen LogP contribution < -0.4 is 0 Å². The first-order chi connectivity index (χ1) is 12.0. The number of allylic oxidation sites excluding steroid dienone is 3. The van der Waals surface area contributed by atoms with Gasteiger partial charge in [0.25, 0.3) is 0 Å². The Morgan fingerprint density at radius 2 is 1.68 bits per heavy atom. The Labute approximate surface area is 151 Å². The molecule has 0 spiro atoms. The molecule has 0 aromatic heterocycles. The number of hydrogen-bond donors (Lipinski definition) is 0. The maximum atomic E-state index is 4.84. The van der Waals surface area contributed by atoms with Crippen LogP contribution in [0.5, 0.6) is 0 Å². The van der Waals surface area contributed by atoms with Crippen LogP contribution in [0.15, 0.2) is 59.2 Å². The summed E-state index contributed by atoms with van der Waals surface area (Å²) in [7, 11) is 4.20. The minimum Gasteiger partial charge on any atom is -0.377 e. The van der Waals surface area contributed by atoms with E-state index in [-0.39, 0.29) is 0 Å². The standard InChI is InChI=1S/C23H26N2/c1-16-13-17(2)23(18(3)14-16)24-15-19-9-6-7-10-20(19)21-11-8-12-22(21)25(4)5/h6-10,12-15H,11H2,1-5H3. The van der Waals surface area contributed by atoms with E-state index in [0.29, 0.717) is 0 Å². The number of likely N-dealkylation sites (N-methyl/N-ethyl adjacent to an activating group) is 1. The molecule has 25 heavy (non-hydrogen) atoms. The van der Waals surface area contributed by atoms with Crippen LogP contribution in [0.3, 0.4) is 0 Å². The molecule has 0 heterocycles. The fourth-order valence-electron chi connectivity index (χ4n) is 3.56. The average molecular weight is 330 g/mol. The Morgan fingerprint density at radius 1 is 1.00 bits per heavy atom. The van der Waals surface area contributed by atoms with E-state index in [9.17, 15) is 0 Å². The van der Waals surface area contributed by atoms with Gasteiger partial charge in [-0.05, 0) is 55.5 Å². The third-order valence-electron chi connectivity index (χ3n) is 4.64. The van der Waals surface area contributed by atoms with Gasteiger partial charge in [-0.2, -0.15) is 0 Å². The van der Waals surface area contributed by atoms with Gasteiger partial charge in [-0.15, -0.1) is 0 Å². The number of aryl methyl sites for hydroxylation is 3. The molecule has 0 amide bonds. The average Bonchev–Trinajstić information content (AvgIpc) is 3.04. The maximum Gasteiger partial charge on any atom is 0.0688 e. The molecule has 1 aliphatic rings. The van der Waals surface area contributed by atoms with Gasteiger partial charge in [0.1, 0.15) is 0 Å². The van der Waals surface area contributed by atoms with Crippen molar-refractivity contribution in [1.29, 1.82) is 0 Å². The lowest BCUT2D eigenvalue weighted by Gasteiger charge is -2.17. The van der Waals surface area contributed by atoms with Crippen LogP contribution in [0.2, 0.25) is 0 Å². The molecule has 2 nitrogen and oxygen atoms in total. The summed E-state index contributed by atoms with van der Waals surface area (Å²) < 4.78 is 0. The first kappa shape index (κ1) is 17.2. The molecule has 0 saturated carbocycles. The Kier molecular flexibility index (Phi) is 4.89. The van der Waals surface area contributed by atoms with Crippen LogP contribution in [0, 0.1) is 20.8 Å². The lowest BCUT2D eigenvalue weighted by Crippen LogP contribution is -2.10. The zero-order chi connectivity index (χ0) is 18.0. The molecule has 0 atom stereocenters. The van der Waals surface area contributed by atoms with Crippen molar-refractivity contribution in [2.24, 2.45) is 4.99 Å². The smallest absolute Gasteiger partial charge is 0.0688 e. The summed E-state index contributed by atoms with van der Waals surface area (Å²) in [6.07, 6.45) is 7.42. The molecule has 0 radical (unpaired) electrons. The summed E-state index contributed by atoms with van der Waals surface area (Å²) in [5.74, 6) is 0. The first-order valence-electron chi connectivity index (χ1n) is 8.75. The topological polar surface area (TPSA) is 15.6 Å². The molecule has 0 N–H and O–H groups in total. The summed E-state index contributed by atoms with van der Waals surface area (Å²) in [5.41, 5.74) is 9.89. The van der Waals surface area contributed by atoms with Gasteiger partial charge in [0, 0.05) is 31.6 Å². The molecule has 3 rings (SSSR count). The molecule has 0 fully saturated rings. The largest absolute Gasteiger partial charge is 0.377 e. The van der Waals surface area contributed by atoms with Crippen molar-refractivity contribution in [2.45, 2.75) is 27.2 Å². The molecule has 1 aliphatic carbocycles. The molecule has 0 bridgehead atoms. The number of hydrogen-bond acceptors (Lipinski definition) is 2. The highest BCUT2D eigenvalue weighted by molar-refractivity contribution is 5.91. The quantitative estimate of drug-likeness (QED) is 0.667. The Bertz CT molecular complexity index is 860. The zero-order valence-corrected chi connectivity index (χ0v) is 15.8. The molecular weight excluding hydrogens is 304 g/mol. The second kappa shape index (κ2) is 7.10. The number of rotatable bonds is 4. The second-order valence-corrected chi connectivity index (χ2v) is 6.96. The second-order valence-electron chi connectivity index (χ2n) is 6.96. The third kappa shape index (κ3) is 3.58. The molecule has 0 aliphatic heterocycles. The van der Waals surface area contributed by atoms with E-state index in [4.69, 9.17) is 4.99 Å². The van der Waals surface area contributed by atoms with Crippen molar-refractivity contribution in [3.05, 3.63) is 82.1 Å². The molecule has 0 unspecified atom stereocenters. The lowest BCUT2D eigenvalue weighted by atomic mass is 9.98. The Balaban J connectivity index is 2.02. The van der Waals surface area contributed by atoms with Crippen LogP contribution in [0.1, 0.15) is 34.2 Å². The van der Waals surface area contributed by atoms with Gasteiger partial charge < -0.3 is 4.90 Å². The molecule has 0 saturated heterocycles. The molecule has 2 aromatic carbocycles. The Morgan fingerprint density at radius 3 is 2.36 bits per heavy atom. The minimum absolute atomic E-state index is 0.973.